The average Bonchev–Trinajstić information content (AvgIpc) is 2.25. The van der Waals surface area contributed by atoms with E-state index in [1.807, 2.05) is 0 Å². The van der Waals surface area contributed by atoms with Gasteiger partial charge in [-0.3, -0.25) is 13.9 Å². The fourth-order valence-corrected chi connectivity index (χ4v) is 2.05. The fourth-order valence-electron chi connectivity index (χ4n) is 2.05. The van der Waals surface area contributed by atoms with Crippen molar-refractivity contribution in [1.82, 2.24) is 14.5 Å². The van der Waals surface area contributed by atoms with E-state index < -0.39 is 0 Å². The maximum absolute atomic E-state index is 11.7. The SMILES string of the molecule is Cn1c(CNCC2CCC2)cc(=O)n(C)c1=O. The summed E-state index contributed by atoms with van der Waals surface area (Å²) in [6.07, 6.45) is 3.92. The minimum Gasteiger partial charge on any atom is -0.311 e. The number of nitrogens with one attached hydrogen (secondary N) is 1. The standard InChI is InChI=1S/C12H19N3O2/c1-14-10(6-11(16)15(2)12(14)17)8-13-7-9-4-3-5-9/h6,9,13H,3-5,7-8H2,1-2H3. The first-order valence-electron chi connectivity index (χ1n) is 6.06. The lowest BCUT2D eigenvalue weighted by Crippen LogP contribution is -2.39. The maximum Gasteiger partial charge on any atom is 0.330 e. The van der Waals surface area contributed by atoms with Crippen LogP contribution in [0.1, 0.15) is 25.0 Å². The van der Waals surface area contributed by atoms with E-state index >= 15 is 0 Å². The predicted molar refractivity (Wildman–Crippen MR) is 66.0 cm³/mol. The highest BCUT2D eigenvalue weighted by Crippen LogP contribution is 2.25. The molecule has 1 heterocycles. The number of rotatable bonds is 4. The molecule has 0 amide bonds. The Morgan fingerprint density at radius 2 is 2.00 bits per heavy atom. The van der Waals surface area contributed by atoms with Crippen molar-refractivity contribution in [2.45, 2.75) is 25.8 Å². The molecule has 0 saturated heterocycles. The van der Waals surface area contributed by atoms with Crippen molar-refractivity contribution in [3.63, 3.8) is 0 Å². The van der Waals surface area contributed by atoms with Gasteiger partial charge in [0.05, 0.1) is 0 Å². The molecule has 1 fully saturated rings. The van der Waals surface area contributed by atoms with Crippen LogP contribution in [0.15, 0.2) is 15.7 Å². The molecule has 2 rings (SSSR count). The van der Waals surface area contributed by atoms with Crippen LogP contribution in [0, 0.1) is 5.92 Å². The summed E-state index contributed by atoms with van der Waals surface area (Å²) in [5, 5.41) is 3.31. The van der Waals surface area contributed by atoms with Gasteiger partial charge in [-0.2, -0.15) is 0 Å². The zero-order valence-corrected chi connectivity index (χ0v) is 10.4. The van der Waals surface area contributed by atoms with Gasteiger partial charge in [-0.25, -0.2) is 4.79 Å². The minimum atomic E-state index is -0.266. The van der Waals surface area contributed by atoms with Crippen LogP contribution in [0.2, 0.25) is 0 Å². The van der Waals surface area contributed by atoms with Crippen molar-refractivity contribution in [2.75, 3.05) is 6.54 Å². The van der Waals surface area contributed by atoms with Crippen molar-refractivity contribution in [2.24, 2.45) is 20.0 Å². The minimum absolute atomic E-state index is 0.242. The Bertz CT molecular complexity index is 511. The fraction of sp³-hybridized carbons (Fsp3) is 0.667. The molecular formula is C12H19N3O2. The summed E-state index contributed by atoms with van der Waals surface area (Å²) in [6, 6.07) is 1.52. The molecule has 0 bridgehead atoms. The molecule has 0 spiro atoms. The molecule has 94 valence electrons. The van der Waals surface area contributed by atoms with Crippen LogP contribution < -0.4 is 16.6 Å². The Labute approximate surface area is 100 Å². The lowest BCUT2D eigenvalue weighted by atomic mass is 9.85. The quantitative estimate of drug-likeness (QED) is 0.800. The molecule has 1 aromatic rings. The van der Waals surface area contributed by atoms with Crippen molar-refractivity contribution < 1.29 is 0 Å². The summed E-state index contributed by atoms with van der Waals surface area (Å²) >= 11 is 0. The monoisotopic (exact) mass is 237 g/mol. The van der Waals surface area contributed by atoms with E-state index in [0.29, 0.717) is 6.54 Å². The molecule has 0 atom stereocenters. The van der Waals surface area contributed by atoms with Gasteiger partial charge < -0.3 is 5.32 Å². The van der Waals surface area contributed by atoms with Crippen molar-refractivity contribution in [3.8, 4) is 0 Å². The first-order valence-corrected chi connectivity index (χ1v) is 6.06. The van der Waals surface area contributed by atoms with Gasteiger partial charge >= 0.3 is 5.69 Å². The molecule has 5 heteroatoms. The second-order valence-electron chi connectivity index (χ2n) is 4.80. The van der Waals surface area contributed by atoms with Crippen LogP contribution in [-0.2, 0) is 20.6 Å². The lowest BCUT2D eigenvalue weighted by molar-refractivity contribution is 0.300. The topological polar surface area (TPSA) is 56.0 Å². The molecule has 1 N–H and O–H groups in total. The smallest absolute Gasteiger partial charge is 0.311 e. The lowest BCUT2D eigenvalue weighted by Gasteiger charge is -2.25. The molecule has 1 aliphatic rings. The van der Waals surface area contributed by atoms with Gasteiger partial charge in [-0.05, 0) is 25.3 Å². The van der Waals surface area contributed by atoms with E-state index in [9.17, 15) is 9.59 Å². The van der Waals surface area contributed by atoms with E-state index in [0.717, 1.165) is 22.7 Å². The second-order valence-corrected chi connectivity index (χ2v) is 4.80. The molecule has 0 aliphatic heterocycles. The maximum atomic E-state index is 11.7. The number of hydrogen-bond acceptors (Lipinski definition) is 3. The molecule has 1 aliphatic carbocycles. The van der Waals surface area contributed by atoms with E-state index in [2.05, 4.69) is 5.32 Å². The number of hydrogen-bond donors (Lipinski definition) is 1. The van der Waals surface area contributed by atoms with Gasteiger partial charge in [-0.1, -0.05) is 6.42 Å². The summed E-state index contributed by atoms with van der Waals surface area (Å²) in [7, 11) is 3.19. The first-order chi connectivity index (χ1) is 8.09. The van der Waals surface area contributed by atoms with Crippen LogP contribution in [0.5, 0.6) is 0 Å². The zero-order valence-electron chi connectivity index (χ0n) is 10.4. The van der Waals surface area contributed by atoms with Gasteiger partial charge in [0.1, 0.15) is 0 Å². The normalized spacial score (nSPS) is 15.9. The molecule has 0 radical (unpaired) electrons. The molecule has 0 aromatic carbocycles. The Morgan fingerprint density at radius 1 is 1.29 bits per heavy atom. The molecule has 17 heavy (non-hydrogen) atoms. The van der Waals surface area contributed by atoms with E-state index in [1.165, 1.54) is 36.9 Å². The third-order valence-electron chi connectivity index (χ3n) is 3.59. The first kappa shape index (κ1) is 12.1. The van der Waals surface area contributed by atoms with E-state index in [-0.39, 0.29) is 11.2 Å². The Balaban J connectivity index is 2.05. The zero-order chi connectivity index (χ0) is 12.4. The molecule has 0 unspecified atom stereocenters. The predicted octanol–water partition coefficient (Wildman–Crippen LogP) is -0.0263. The highest BCUT2D eigenvalue weighted by molar-refractivity contribution is 5.01. The summed E-state index contributed by atoms with van der Waals surface area (Å²) in [4.78, 5) is 23.2. The van der Waals surface area contributed by atoms with E-state index in [1.54, 1.807) is 7.05 Å². The van der Waals surface area contributed by atoms with E-state index in [4.69, 9.17) is 0 Å². The second kappa shape index (κ2) is 4.87. The molecule has 5 nitrogen and oxygen atoms in total. The van der Waals surface area contributed by atoms with Gasteiger partial charge in [0, 0.05) is 32.4 Å². The third-order valence-corrected chi connectivity index (χ3v) is 3.59. The highest BCUT2D eigenvalue weighted by atomic mass is 16.2. The number of nitrogens with zero attached hydrogens (tertiary/aromatic N) is 2. The molecule has 1 aromatic heterocycles. The van der Waals surface area contributed by atoms with Crippen LogP contribution in [0.25, 0.3) is 0 Å². The summed E-state index contributed by atoms with van der Waals surface area (Å²) in [5.74, 6) is 0.776. The average molecular weight is 237 g/mol. The Hall–Kier alpha value is -1.36. The van der Waals surface area contributed by atoms with Gasteiger partial charge in [0.15, 0.2) is 0 Å². The van der Waals surface area contributed by atoms with Crippen LogP contribution in [0.4, 0.5) is 0 Å². The third kappa shape index (κ3) is 2.49. The van der Waals surface area contributed by atoms with Crippen LogP contribution in [0.3, 0.4) is 0 Å². The van der Waals surface area contributed by atoms with Gasteiger partial charge in [-0.15, -0.1) is 0 Å². The molecular weight excluding hydrogens is 218 g/mol. The van der Waals surface area contributed by atoms with Crippen molar-refractivity contribution >= 4 is 0 Å². The summed E-state index contributed by atoms with van der Waals surface area (Å²) in [6.45, 7) is 1.56. The van der Waals surface area contributed by atoms with Crippen LogP contribution in [-0.4, -0.2) is 15.7 Å². The summed E-state index contributed by atoms with van der Waals surface area (Å²) in [5.41, 5.74) is 0.240. The van der Waals surface area contributed by atoms with Crippen LogP contribution >= 0.6 is 0 Å². The van der Waals surface area contributed by atoms with Crippen molar-refractivity contribution in [3.05, 3.63) is 32.6 Å². The number of aromatic nitrogens is 2. The van der Waals surface area contributed by atoms with Gasteiger partial charge in [0.2, 0.25) is 0 Å². The summed E-state index contributed by atoms with van der Waals surface area (Å²) < 4.78 is 2.64. The highest BCUT2D eigenvalue weighted by Gasteiger charge is 2.16. The molecule has 1 saturated carbocycles. The Morgan fingerprint density at radius 3 is 2.59 bits per heavy atom. The van der Waals surface area contributed by atoms with Crippen molar-refractivity contribution in [1.29, 1.82) is 0 Å². The Kier molecular flexibility index (Phi) is 3.47. The largest absolute Gasteiger partial charge is 0.330 e. The van der Waals surface area contributed by atoms with Gasteiger partial charge in [0.25, 0.3) is 5.56 Å².